The number of hydrogen-bond acceptors (Lipinski definition) is 5. The van der Waals surface area contributed by atoms with Gasteiger partial charge in [-0.05, 0) is 37.3 Å². The first-order chi connectivity index (χ1) is 16.4. The molecule has 4 rings (SSSR count). The van der Waals surface area contributed by atoms with Crippen LogP contribution in [0.3, 0.4) is 0 Å². The van der Waals surface area contributed by atoms with Crippen molar-refractivity contribution in [2.75, 3.05) is 6.54 Å². The van der Waals surface area contributed by atoms with E-state index < -0.39 is 5.91 Å². The highest BCUT2D eigenvalue weighted by Gasteiger charge is 2.08. The average Bonchev–Trinajstić information content (AvgIpc) is 2.83. The Balaban J connectivity index is 1.36. The van der Waals surface area contributed by atoms with Crippen molar-refractivity contribution in [3.63, 3.8) is 0 Å². The van der Waals surface area contributed by atoms with E-state index in [0.717, 1.165) is 11.1 Å². The van der Waals surface area contributed by atoms with E-state index in [0.29, 0.717) is 17.0 Å². The third-order valence-corrected chi connectivity index (χ3v) is 5.19. The maximum absolute atomic E-state index is 13.1. The Morgan fingerprint density at radius 2 is 1.59 bits per heavy atom. The number of nitrogens with one attached hydrogen (secondary N) is 1. The molecule has 2 aromatic heterocycles. The van der Waals surface area contributed by atoms with Crippen molar-refractivity contribution < 1.29 is 9.18 Å². The predicted octanol–water partition coefficient (Wildman–Crippen LogP) is 2.40. The highest BCUT2D eigenvalue weighted by Crippen LogP contribution is 2.16. The molecule has 0 saturated heterocycles. The Bertz CT molecular complexity index is 1430. The van der Waals surface area contributed by atoms with Gasteiger partial charge in [0.25, 0.3) is 11.1 Å². The topological polar surface area (TPSA) is 98.9 Å². The first-order valence-corrected chi connectivity index (χ1v) is 10.6. The number of nitrogens with zero attached hydrogens (tertiary/aromatic N) is 4. The molecular weight excluding hydrogens is 437 g/mol. The van der Waals surface area contributed by atoms with Crippen molar-refractivity contribution in [3.05, 3.63) is 105 Å². The van der Waals surface area contributed by atoms with Crippen LogP contribution in [0.15, 0.2) is 82.6 Å². The fraction of sp³-hybridized carbons (Fsp3) is 0.160. The number of rotatable bonds is 7. The number of carbonyl (C=O) groups is 1. The molecule has 1 N–H and O–H groups in total. The Kier molecular flexibility index (Phi) is 6.72. The number of halogens is 1. The quantitative estimate of drug-likeness (QED) is 0.458. The second-order valence-corrected chi connectivity index (χ2v) is 7.74. The lowest BCUT2D eigenvalue weighted by Gasteiger charge is -2.10. The average molecular weight is 459 g/mol. The zero-order chi connectivity index (χ0) is 24.1. The summed E-state index contributed by atoms with van der Waals surface area (Å²) in [5, 5.41) is 6.95. The van der Waals surface area contributed by atoms with Gasteiger partial charge in [-0.2, -0.15) is 5.10 Å². The highest BCUT2D eigenvalue weighted by molar-refractivity contribution is 5.75. The Morgan fingerprint density at radius 1 is 0.912 bits per heavy atom. The van der Waals surface area contributed by atoms with Crippen molar-refractivity contribution in [3.8, 4) is 22.5 Å². The minimum absolute atomic E-state index is 0.138. The molecule has 0 spiro atoms. The lowest BCUT2D eigenvalue weighted by Crippen LogP contribution is -2.35. The van der Waals surface area contributed by atoms with Gasteiger partial charge in [0.15, 0.2) is 0 Å². The van der Waals surface area contributed by atoms with Gasteiger partial charge in [0, 0.05) is 29.8 Å². The summed E-state index contributed by atoms with van der Waals surface area (Å²) in [7, 11) is 0. The van der Waals surface area contributed by atoms with Gasteiger partial charge in [-0.3, -0.25) is 19.0 Å². The normalized spacial score (nSPS) is 10.8. The van der Waals surface area contributed by atoms with Crippen molar-refractivity contribution in [2.24, 2.45) is 0 Å². The van der Waals surface area contributed by atoms with Crippen LogP contribution in [0.4, 0.5) is 4.39 Å². The number of hydrogen-bond donors (Lipinski definition) is 1. The summed E-state index contributed by atoms with van der Waals surface area (Å²) in [6, 6.07) is 17.7. The van der Waals surface area contributed by atoms with E-state index in [2.05, 4.69) is 15.4 Å². The summed E-state index contributed by atoms with van der Waals surface area (Å²) in [5.41, 5.74) is 2.97. The molecule has 0 aliphatic heterocycles. The molecule has 0 atom stereocenters. The third-order valence-electron chi connectivity index (χ3n) is 5.19. The predicted molar refractivity (Wildman–Crippen MR) is 126 cm³/mol. The molecule has 172 valence electrons. The third kappa shape index (κ3) is 5.50. The zero-order valence-corrected chi connectivity index (χ0v) is 18.4. The van der Waals surface area contributed by atoms with Gasteiger partial charge >= 0.3 is 0 Å². The maximum atomic E-state index is 13.1. The second-order valence-electron chi connectivity index (χ2n) is 7.74. The molecule has 2 aromatic carbocycles. The molecule has 8 nitrogen and oxygen atoms in total. The van der Waals surface area contributed by atoms with E-state index in [1.165, 1.54) is 39.8 Å². The number of carbonyl (C=O) groups excluding carboxylic acids is 1. The fourth-order valence-corrected chi connectivity index (χ4v) is 3.32. The van der Waals surface area contributed by atoms with Crippen LogP contribution >= 0.6 is 0 Å². The van der Waals surface area contributed by atoms with Gasteiger partial charge in [0.05, 0.1) is 24.3 Å². The molecule has 0 aliphatic rings. The molecule has 34 heavy (non-hydrogen) atoms. The van der Waals surface area contributed by atoms with Crippen LogP contribution in [0.2, 0.25) is 0 Å². The summed E-state index contributed by atoms with van der Waals surface area (Å²) in [5.74, 6) is -0.756. The molecule has 1 amide bonds. The lowest BCUT2D eigenvalue weighted by molar-refractivity contribution is -0.121. The summed E-state index contributed by atoms with van der Waals surface area (Å²) < 4.78 is 15.6. The molecule has 4 aromatic rings. The smallest absolute Gasteiger partial charge is 0.266 e. The summed E-state index contributed by atoms with van der Waals surface area (Å²) in [6.45, 7) is 2.06. The van der Waals surface area contributed by atoms with Crippen LogP contribution in [0, 0.1) is 12.7 Å². The van der Waals surface area contributed by atoms with Crippen LogP contribution in [-0.4, -0.2) is 31.8 Å². The molecule has 0 aliphatic carbocycles. The van der Waals surface area contributed by atoms with Crippen LogP contribution in [0.1, 0.15) is 5.56 Å². The van der Waals surface area contributed by atoms with Crippen molar-refractivity contribution in [2.45, 2.75) is 20.0 Å². The summed E-state index contributed by atoms with van der Waals surface area (Å²) >= 11 is 0. The van der Waals surface area contributed by atoms with Crippen LogP contribution < -0.4 is 16.4 Å². The van der Waals surface area contributed by atoms with E-state index in [4.69, 9.17) is 0 Å². The molecule has 0 radical (unpaired) electrons. The molecule has 0 unspecified atom stereocenters. The van der Waals surface area contributed by atoms with Gasteiger partial charge in [0.2, 0.25) is 5.91 Å². The molecule has 0 bridgehead atoms. The molecular formula is C25H22FN5O3. The van der Waals surface area contributed by atoms with Crippen LogP contribution in [-0.2, 0) is 17.9 Å². The minimum atomic E-state index is -0.394. The van der Waals surface area contributed by atoms with Gasteiger partial charge in [-0.25, -0.2) is 14.1 Å². The minimum Gasteiger partial charge on any atom is -0.353 e. The molecule has 0 fully saturated rings. The second kappa shape index (κ2) is 10.0. The Hall–Kier alpha value is -4.40. The first-order valence-electron chi connectivity index (χ1n) is 10.6. The largest absolute Gasteiger partial charge is 0.353 e. The Morgan fingerprint density at radius 3 is 2.29 bits per heavy atom. The van der Waals surface area contributed by atoms with Gasteiger partial charge in [-0.1, -0.05) is 29.8 Å². The molecule has 9 heteroatoms. The zero-order valence-electron chi connectivity index (χ0n) is 18.4. The number of benzene rings is 2. The van der Waals surface area contributed by atoms with Gasteiger partial charge in [0.1, 0.15) is 12.4 Å². The first kappa shape index (κ1) is 22.8. The van der Waals surface area contributed by atoms with E-state index in [1.807, 2.05) is 31.2 Å². The molecule has 0 saturated carbocycles. The van der Waals surface area contributed by atoms with Crippen LogP contribution in [0.25, 0.3) is 22.5 Å². The standard InChI is InChI=1S/C25H22FN5O3/c1-17-2-4-19(5-3-17)22-14-25(34)30(16-28-22)15-23(32)27-12-13-31-24(33)11-10-21(29-31)18-6-8-20(26)9-7-18/h2-11,14,16H,12-13,15H2,1H3,(H,27,32). The van der Waals surface area contributed by atoms with E-state index >= 15 is 0 Å². The van der Waals surface area contributed by atoms with Crippen molar-refractivity contribution in [1.82, 2.24) is 24.6 Å². The van der Waals surface area contributed by atoms with Crippen molar-refractivity contribution in [1.29, 1.82) is 0 Å². The maximum Gasteiger partial charge on any atom is 0.266 e. The SMILES string of the molecule is Cc1ccc(-c2cc(=O)n(CC(=O)NCCn3nc(-c4ccc(F)cc4)ccc3=O)cn2)cc1. The van der Waals surface area contributed by atoms with E-state index in [9.17, 15) is 18.8 Å². The fourth-order valence-electron chi connectivity index (χ4n) is 3.32. The van der Waals surface area contributed by atoms with E-state index in [1.54, 1.807) is 18.2 Å². The highest BCUT2D eigenvalue weighted by atomic mass is 19.1. The van der Waals surface area contributed by atoms with Gasteiger partial charge < -0.3 is 5.32 Å². The lowest BCUT2D eigenvalue weighted by atomic mass is 10.1. The van der Waals surface area contributed by atoms with E-state index in [-0.39, 0.29) is 36.6 Å². The van der Waals surface area contributed by atoms with Crippen LogP contribution in [0.5, 0.6) is 0 Å². The van der Waals surface area contributed by atoms with Crippen molar-refractivity contribution >= 4 is 5.91 Å². The Labute approximate surface area is 194 Å². The number of amides is 1. The number of aromatic nitrogens is 4. The van der Waals surface area contributed by atoms with Gasteiger partial charge in [-0.15, -0.1) is 0 Å². The molecule has 2 heterocycles. The summed E-state index contributed by atoms with van der Waals surface area (Å²) in [4.78, 5) is 41.1. The number of aryl methyl sites for hydroxylation is 1. The monoisotopic (exact) mass is 459 g/mol. The summed E-state index contributed by atoms with van der Waals surface area (Å²) in [6.07, 6.45) is 1.34.